The quantitative estimate of drug-likeness (QED) is 0.565. The minimum atomic E-state index is -0.0813. The second-order valence-corrected chi connectivity index (χ2v) is 6.87. The Morgan fingerprint density at radius 3 is 3.00 bits per heavy atom. The number of furan rings is 1. The molecular weight excluding hydrogens is 336 g/mol. The Morgan fingerprint density at radius 1 is 1.36 bits per heavy atom. The van der Waals surface area contributed by atoms with Gasteiger partial charge in [-0.05, 0) is 12.1 Å². The number of nitrogens with zero attached hydrogens (tertiary/aromatic N) is 2. The number of rotatable bonds is 4. The Morgan fingerprint density at radius 2 is 2.24 bits per heavy atom. The van der Waals surface area contributed by atoms with Crippen LogP contribution in [-0.2, 0) is 4.79 Å². The SMILES string of the molecule is CC(C)C(=O)Nc1nc(-c2c[nH]c3ncc(-c4ccoc4)cc23)cs1. The molecule has 0 saturated carbocycles. The Bertz CT molecular complexity index is 1030. The average Bonchev–Trinajstić information content (AvgIpc) is 3.34. The van der Waals surface area contributed by atoms with Crippen LogP contribution >= 0.6 is 11.3 Å². The van der Waals surface area contributed by atoms with Gasteiger partial charge in [0.15, 0.2) is 5.13 Å². The third-order valence-electron chi connectivity index (χ3n) is 3.92. The zero-order valence-electron chi connectivity index (χ0n) is 13.7. The van der Waals surface area contributed by atoms with Crippen molar-refractivity contribution in [1.29, 1.82) is 0 Å². The number of carbonyl (C=O) groups is 1. The van der Waals surface area contributed by atoms with Gasteiger partial charge in [0.2, 0.25) is 5.91 Å². The van der Waals surface area contributed by atoms with Crippen LogP contribution in [0.3, 0.4) is 0 Å². The van der Waals surface area contributed by atoms with Crippen LogP contribution in [-0.4, -0.2) is 20.9 Å². The van der Waals surface area contributed by atoms with Gasteiger partial charge in [0, 0.05) is 45.8 Å². The molecule has 0 bridgehead atoms. The number of fused-ring (bicyclic) bond motifs is 1. The van der Waals surface area contributed by atoms with Gasteiger partial charge in [0.05, 0.1) is 18.2 Å². The van der Waals surface area contributed by atoms with Gasteiger partial charge < -0.3 is 14.7 Å². The summed E-state index contributed by atoms with van der Waals surface area (Å²) < 4.78 is 5.15. The number of pyridine rings is 1. The fourth-order valence-corrected chi connectivity index (χ4v) is 3.22. The normalized spacial score (nSPS) is 11.3. The number of hydrogen-bond acceptors (Lipinski definition) is 5. The van der Waals surface area contributed by atoms with E-state index in [4.69, 9.17) is 4.42 Å². The minimum Gasteiger partial charge on any atom is -0.472 e. The third-order valence-corrected chi connectivity index (χ3v) is 4.68. The van der Waals surface area contributed by atoms with Crippen molar-refractivity contribution in [3.63, 3.8) is 0 Å². The summed E-state index contributed by atoms with van der Waals surface area (Å²) in [4.78, 5) is 24.0. The zero-order valence-corrected chi connectivity index (χ0v) is 14.6. The molecular formula is C18H16N4O2S. The molecule has 0 unspecified atom stereocenters. The van der Waals surface area contributed by atoms with Crippen molar-refractivity contribution in [3.8, 4) is 22.4 Å². The average molecular weight is 352 g/mol. The maximum Gasteiger partial charge on any atom is 0.228 e. The lowest BCUT2D eigenvalue weighted by atomic mass is 10.1. The van der Waals surface area contributed by atoms with Crippen LogP contribution < -0.4 is 5.32 Å². The largest absolute Gasteiger partial charge is 0.472 e. The first-order valence-electron chi connectivity index (χ1n) is 7.88. The molecule has 6 nitrogen and oxygen atoms in total. The van der Waals surface area contributed by atoms with Crippen molar-refractivity contribution >= 4 is 33.4 Å². The van der Waals surface area contributed by atoms with E-state index in [2.05, 4.69) is 26.3 Å². The Hall–Kier alpha value is -2.93. The van der Waals surface area contributed by atoms with Crippen LogP contribution in [0.4, 0.5) is 5.13 Å². The minimum absolute atomic E-state index is 0.0382. The molecule has 25 heavy (non-hydrogen) atoms. The van der Waals surface area contributed by atoms with E-state index in [0.29, 0.717) is 5.13 Å². The second kappa shape index (κ2) is 6.18. The molecule has 0 spiro atoms. The molecule has 4 aromatic heterocycles. The van der Waals surface area contributed by atoms with E-state index in [1.165, 1.54) is 11.3 Å². The highest BCUT2D eigenvalue weighted by atomic mass is 32.1. The van der Waals surface area contributed by atoms with E-state index in [9.17, 15) is 4.79 Å². The summed E-state index contributed by atoms with van der Waals surface area (Å²) in [6.07, 6.45) is 7.03. The van der Waals surface area contributed by atoms with Gasteiger partial charge in [-0.25, -0.2) is 9.97 Å². The maximum absolute atomic E-state index is 11.8. The van der Waals surface area contributed by atoms with Crippen LogP contribution in [0.1, 0.15) is 13.8 Å². The summed E-state index contributed by atoms with van der Waals surface area (Å²) in [5.74, 6) is -0.120. The van der Waals surface area contributed by atoms with E-state index < -0.39 is 0 Å². The first-order chi connectivity index (χ1) is 12.1. The van der Waals surface area contributed by atoms with E-state index in [1.54, 1.807) is 12.5 Å². The Balaban J connectivity index is 1.71. The monoisotopic (exact) mass is 352 g/mol. The summed E-state index contributed by atoms with van der Waals surface area (Å²) in [6, 6.07) is 3.96. The molecule has 0 saturated heterocycles. The van der Waals surface area contributed by atoms with Gasteiger partial charge in [0.25, 0.3) is 0 Å². The zero-order chi connectivity index (χ0) is 17.4. The standard InChI is InChI=1S/C18H16N4O2S/c1-10(2)17(23)22-18-21-15(9-25-18)14-7-20-16-13(14)5-12(6-19-16)11-3-4-24-8-11/h3-10H,1-2H3,(H,19,20)(H,21,22,23). The summed E-state index contributed by atoms with van der Waals surface area (Å²) in [5, 5.41) is 6.35. The van der Waals surface area contributed by atoms with Crippen LogP contribution in [0.5, 0.6) is 0 Å². The molecule has 0 aliphatic carbocycles. The summed E-state index contributed by atoms with van der Waals surface area (Å²) in [7, 11) is 0. The fourth-order valence-electron chi connectivity index (χ4n) is 2.51. The number of hydrogen-bond donors (Lipinski definition) is 2. The van der Waals surface area contributed by atoms with Gasteiger partial charge >= 0.3 is 0 Å². The molecule has 0 radical (unpaired) electrons. The highest BCUT2D eigenvalue weighted by Crippen LogP contribution is 2.32. The number of H-pyrrole nitrogens is 1. The molecule has 0 fully saturated rings. The molecule has 4 heterocycles. The van der Waals surface area contributed by atoms with E-state index in [1.807, 2.05) is 37.7 Å². The van der Waals surface area contributed by atoms with Gasteiger partial charge in [-0.1, -0.05) is 13.8 Å². The van der Waals surface area contributed by atoms with Gasteiger partial charge in [-0.3, -0.25) is 4.79 Å². The van der Waals surface area contributed by atoms with E-state index in [-0.39, 0.29) is 11.8 Å². The first-order valence-corrected chi connectivity index (χ1v) is 8.76. The fraction of sp³-hybridized carbons (Fsp3) is 0.167. The molecule has 126 valence electrons. The number of thiazole rings is 1. The molecule has 4 rings (SSSR count). The number of aromatic nitrogens is 3. The second-order valence-electron chi connectivity index (χ2n) is 6.02. The third kappa shape index (κ3) is 2.94. The molecule has 0 aliphatic rings. The smallest absolute Gasteiger partial charge is 0.228 e. The number of amides is 1. The molecule has 0 aliphatic heterocycles. The molecule has 7 heteroatoms. The van der Waals surface area contributed by atoms with Gasteiger partial charge in [-0.2, -0.15) is 0 Å². The summed E-state index contributed by atoms with van der Waals surface area (Å²) >= 11 is 1.41. The predicted molar refractivity (Wildman–Crippen MR) is 98.4 cm³/mol. The number of aromatic amines is 1. The van der Waals surface area contributed by atoms with Crippen LogP contribution in [0, 0.1) is 5.92 Å². The maximum atomic E-state index is 11.8. The van der Waals surface area contributed by atoms with Crippen LogP contribution in [0.15, 0.2) is 46.8 Å². The van der Waals surface area contributed by atoms with E-state index in [0.717, 1.165) is 33.4 Å². The lowest BCUT2D eigenvalue weighted by Crippen LogP contribution is -2.17. The topological polar surface area (TPSA) is 83.8 Å². The van der Waals surface area contributed by atoms with Crippen LogP contribution in [0.2, 0.25) is 0 Å². The number of anilines is 1. The van der Waals surface area contributed by atoms with Gasteiger partial charge in [0.1, 0.15) is 5.65 Å². The molecule has 4 aromatic rings. The molecule has 0 aromatic carbocycles. The van der Waals surface area contributed by atoms with E-state index >= 15 is 0 Å². The van der Waals surface area contributed by atoms with Crippen molar-refractivity contribution in [2.75, 3.05) is 5.32 Å². The highest BCUT2D eigenvalue weighted by molar-refractivity contribution is 7.14. The highest BCUT2D eigenvalue weighted by Gasteiger charge is 2.14. The molecule has 0 atom stereocenters. The van der Waals surface area contributed by atoms with Crippen LogP contribution in [0.25, 0.3) is 33.4 Å². The van der Waals surface area contributed by atoms with Crippen molar-refractivity contribution < 1.29 is 9.21 Å². The number of nitrogens with one attached hydrogen (secondary N) is 2. The van der Waals surface area contributed by atoms with Gasteiger partial charge in [-0.15, -0.1) is 11.3 Å². The first kappa shape index (κ1) is 15.6. The summed E-state index contributed by atoms with van der Waals surface area (Å²) in [5.41, 5.74) is 4.51. The van der Waals surface area contributed by atoms with Crippen molar-refractivity contribution in [1.82, 2.24) is 15.0 Å². The lowest BCUT2D eigenvalue weighted by Gasteiger charge is -2.03. The Kier molecular flexibility index (Phi) is 3.85. The van der Waals surface area contributed by atoms with Crippen molar-refractivity contribution in [2.24, 2.45) is 5.92 Å². The van der Waals surface area contributed by atoms with Crippen molar-refractivity contribution in [3.05, 3.63) is 42.4 Å². The summed E-state index contributed by atoms with van der Waals surface area (Å²) in [6.45, 7) is 3.71. The lowest BCUT2D eigenvalue weighted by molar-refractivity contribution is -0.118. The van der Waals surface area contributed by atoms with Crippen molar-refractivity contribution in [2.45, 2.75) is 13.8 Å². The molecule has 2 N–H and O–H groups in total. The number of carbonyl (C=O) groups excluding carboxylic acids is 1. The Labute approximate surface area is 147 Å². The molecule has 1 amide bonds. The predicted octanol–water partition coefficient (Wildman–Crippen LogP) is 4.54.